The van der Waals surface area contributed by atoms with Gasteiger partial charge in [-0.25, -0.2) is 0 Å². The standard InChI is InChI=1S/C13H19NO/c1-10-5-7-11(8-6-10)13(15)12-4-2-3-9-14-12/h5-8,12-15H,2-4,9H2,1H3. The molecule has 1 aliphatic heterocycles. The lowest BCUT2D eigenvalue weighted by Gasteiger charge is -2.28. The van der Waals surface area contributed by atoms with Crippen molar-refractivity contribution in [2.75, 3.05) is 6.54 Å². The molecule has 0 aliphatic carbocycles. The maximum absolute atomic E-state index is 10.2. The van der Waals surface area contributed by atoms with Crippen molar-refractivity contribution in [1.82, 2.24) is 5.32 Å². The number of aryl methyl sites for hydroxylation is 1. The van der Waals surface area contributed by atoms with Gasteiger partial charge in [0.1, 0.15) is 0 Å². The van der Waals surface area contributed by atoms with Crippen molar-refractivity contribution in [2.45, 2.75) is 38.3 Å². The second-order valence-electron chi connectivity index (χ2n) is 4.41. The number of hydrogen-bond donors (Lipinski definition) is 2. The molecule has 1 fully saturated rings. The normalized spacial score (nSPS) is 23.7. The summed E-state index contributed by atoms with van der Waals surface area (Å²) in [6, 6.07) is 8.40. The van der Waals surface area contributed by atoms with E-state index in [1.54, 1.807) is 0 Å². The van der Waals surface area contributed by atoms with Gasteiger partial charge in [0.2, 0.25) is 0 Å². The highest BCUT2D eigenvalue weighted by Gasteiger charge is 2.22. The quantitative estimate of drug-likeness (QED) is 0.775. The average molecular weight is 205 g/mol. The second-order valence-corrected chi connectivity index (χ2v) is 4.41. The van der Waals surface area contributed by atoms with Crippen LogP contribution in [0, 0.1) is 6.92 Å². The van der Waals surface area contributed by atoms with E-state index in [1.165, 1.54) is 18.4 Å². The number of nitrogens with one attached hydrogen (secondary N) is 1. The summed E-state index contributed by atoms with van der Waals surface area (Å²) in [5, 5.41) is 13.6. The Balaban J connectivity index is 2.05. The Morgan fingerprint density at radius 1 is 1.27 bits per heavy atom. The Bertz CT molecular complexity index is 301. The van der Waals surface area contributed by atoms with Crippen molar-refractivity contribution in [3.63, 3.8) is 0 Å². The molecule has 1 heterocycles. The molecule has 0 amide bonds. The number of aliphatic hydroxyl groups is 1. The lowest BCUT2D eigenvalue weighted by molar-refractivity contribution is 0.114. The number of aliphatic hydroxyl groups excluding tert-OH is 1. The molecule has 1 saturated heterocycles. The first-order valence-electron chi connectivity index (χ1n) is 5.75. The summed E-state index contributed by atoms with van der Waals surface area (Å²) in [6.07, 6.45) is 3.18. The van der Waals surface area contributed by atoms with E-state index in [2.05, 4.69) is 24.4 Å². The van der Waals surface area contributed by atoms with Gasteiger partial charge < -0.3 is 10.4 Å². The molecule has 2 heteroatoms. The number of benzene rings is 1. The summed E-state index contributed by atoms with van der Waals surface area (Å²) in [5.74, 6) is 0. The molecule has 0 spiro atoms. The highest BCUT2D eigenvalue weighted by atomic mass is 16.3. The Hall–Kier alpha value is -0.860. The lowest BCUT2D eigenvalue weighted by atomic mass is 9.94. The zero-order chi connectivity index (χ0) is 10.7. The van der Waals surface area contributed by atoms with Crippen LogP contribution in [-0.2, 0) is 0 Å². The van der Waals surface area contributed by atoms with Crippen LogP contribution in [0.15, 0.2) is 24.3 Å². The maximum Gasteiger partial charge on any atom is 0.0942 e. The Kier molecular flexibility index (Phi) is 3.39. The zero-order valence-corrected chi connectivity index (χ0v) is 9.24. The molecule has 1 aromatic carbocycles. The largest absolute Gasteiger partial charge is 0.387 e. The van der Waals surface area contributed by atoms with Crippen LogP contribution >= 0.6 is 0 Å². The molecule has 15 heavy (non-hydrogen) atoms. The third kappa shape index (κ3) is 2.58. The molecule has 2 N–H and O–H groups in total. The molecule has 0 bridgehead atoms. The van der Waals surface area contributed by atoms with Gasteiger partial charge in [0.25, 0.3) is 0 Å². The highest BCUT2D eigenvalue weighted by molar-refractivity contribution is 5.24. The van der Waals surface area contributed by atoms with E-state index in [0.717, 1.165) is 18.5 Å². The van der Waals surface area contributed by atoms with Gasteiger partial charge in [0.15, 0.2) is 0 Å². The summed E-state index contributed by atoms with van der Waals surface area (Å²) < 4.78 is 0. The smallest absolute Gasteiger partial charge is 0.0942 e. The molecule has 0 saturated carbocycles. The first-order valence-corrected chi connectivity index (χ1v) is 5.75. The van der Waals surface area contributed by atoms with E-state index in [4.69, 9.17) is 0 Å². The molecule has 2 nitrogen and oxygen atoms in total. The number of hydrogen-bond acceptors (Lipinski definition) is 2. The monoisotopic (exact) mass is 205 g/mol. The SMILES string of the molecule is Cc1ccc(C(O)C2CCCCN2)cc1. The van der Waals surface area contributed by atoms with Crippen molar-refractivity contribution in [3.8, 4) is 0 Å². The van der Waals surface area contributed by atoms with Crippen molar-refractivity contribution >= 4 is 0 Å². The zero-order valence-electron chi connectivity index (χ0n) is 9.24. The fourth-order valence-electron chi connectivity index (χ4n) is 2.14. The first kappa shape index (κ1) is 10.7. The van der Waals surface area contributed by atoms with Crippen LogP contribution in [0.4, 0.5) is 0 Å². The van der Waals surface area contributed by atoms with Crippen LogP contribution in [0.5, 0.6) is 0 Å². The summed E-state index contributed by atoms with van der Waals surface area (Å²) in [4.78, 5) is 0. The molecule has 2 atom stereocenters. The van der Waals surface area contributed by atoms with Crippen molar-refractivity contribution < 1.29 is 5.11 Å². The van der Waals surface area contributed by atoms with E-state index in [0.29, 0.717) is 0 Å². The third-order valence-corrected chi connectivity index (χ3v) is 3.15. The van der Waals surface area contributed by atoms with Gasteiger partial charge in [-0.1, -0.05) is 36.2 Å². The molecule has 82 valence electrons. The van der Waals surface area contributed by atoms with Gasteiger partial charge in [-0.15, -0.1) is 0 Å². The fraction of sp³-hybridized carbons (Fsp3) is 0.538. The summed E-state index contributed by atoms with van der Waals surface area (Å²) in [6.45, 7) is 3.10. The van der Waals surface area contributed by atoms with Crippen molar-refractivity contribution in [1.29, 1.82) is 0 Å². The van der Waals surface area contributed by atoms with E-state index >= 15 is 0 Å². The molecule has 2 rings (SSSR count). The summed E-state index contributed by atoms with van der Waals surface area (Å²) in [5.41, 5.74) is 2.27. The van der Waals surface area contributed by atoms with E-state index in [1.807, 2.05) is 12.1 Å². The molecule has 1 aliphatic rings. The van der Waals surface area contributed by atoms with Gasteiger partial charge in [0, 0.05) is 6.04 Å². The predicted molar refractivity (Wildman–Crippen MR) is 61.8 cm³/mol. The van der Waals surface area contributed by atoms with Crippen molar-refractivity contribution in [2.24, 2.45) is 0 Å². The van der Waals surface area contributed by atoms with Gasteiger partial charge in [-0.2, -0.15) is 0 Å². The van der Waals surface area contributed by atoms with Crippen LogP contribution < -0.4 is 5.32 Å². The summed E-state index contributed by atoms with van der Waals surface area (Å²) >= 11 is 0. The van der Waals surface area contributed by atoms with Gasteiger partial charge in [-0.3, -0.25) is 0 Å². The van der Waals surface area contributed by atoms with E-state index in [-0.39, 0.29) is 12.1 Å². The van der Waals surface area contributed by atoms with E-state index in [9.17, 15) is 5.11 Å². The second kappa shape index (κ2) is 4.77. The Morgan fingerprint density at radius 2 is 2.00 bits per heavy atom. The van der Waals surface area contributed by atoms with Gasteiger partial charge in [0.05, 0.1) is 6.10 Å². The topological polar surface area (TPSA) is 32.3 Å². The van der Waals surface area contributed by atoms with Crippen LogP contribution in [-0.4, -0.2) is 17.7 Å². The highest BCUT2D eigenvalue weighted by Crippen LogP contribution is 2.22. The van der Waals surface area contributed by atoms with E-state index < -0.39 is 0 Å². The number of piperidine rings is 1. The predicted octanol–water partition coefficient (Wildman–Crippen LogP) is 2.17. The van der Waals surface area contributed by atoms with Crippen LogP contribution in [0.3, 0.4) is 0 Å². The summed E-state index contributed by atoms with van der Waals surface area (Å²) in [7, 11) is 0. The average Bonchev–Trinajstić information content (AvgIpc) is 2.30. The van der Waals surface area contributed by atoms with Crippen LogP contribution in [0.1, 0.15) is 36.5 Å². The first-order chi connectivity index (χ1) is 7.27. The van der Waals surface area contributed by atoms with Gasteiger partial charge in [-0.05, 0) is 31.9 Å². The van der Waals surface area contributed by atoms with Crippen LogP contribution in [0.2, 0.25) is 0 Å². The molecule has 2 unspecified atom stereocenters. The molecule has 1 aromatic rings. The number of rotatable bonds is 2. The van der Waals surface area contributed by atoms with Crippen LogP contribution in [0.25, 0.3) is 0 Å². The minimum Gasteiger partial charge on any atom is -0.387 e. The maximum atomic E-state index is 10.2. The Labute approximate surface area is 91.3 Å². The molecular formula is C13H19NO. The lowest BCUT2D eigenvalue weighted by Crippen LogP contribution is -2.38. The molecular weight excluding hydrogens is 186 g/mol. The van der Waals surface area contributed by atoms with Crippen molar-refractivity contribution in [3.05, 3.63) is 35.4 Å². The molecule has 0 aromatic heterocycles. The molecule has 0 radical (unpaired) electrons. The third-order valence-electron chi connectivity index (χ3n) is 3.15. The van der Waals surface area contributed by atoms with Gasteiger partial charge >= 0.3 is 0 Å². The fourth-order valence-corrected chi connectivity index (χ4v) is 2.14. The Morgan fingerprint density at radius 3 is 2.60 bits per heavy atom. The minimum atomic E-state index is -0.356. The minimum absolute atomic E-state index is 0.237.